The average molecular weight is 372 g/mol. The quantitative estimate of drug-likeness (QED) is 0.405. The number of carbonyl (C=O) groups is 2. The van der Waals surface area contributed by atoms with Gasteiger partial charge in [0.25, 0.3) is 0 Å². The van der Waals surface area contributed by atoms with Gasteiger partial charge in [-0.15, -0.1) is 0 Å². The van der Waals surface area contributed by atoms with E-state index >= 15 is 0 Å². The second-order valence-electron chi connectivity index (χ2n) is 4.31. The fraction of sp³-hybridized carbons (Fsp3) is 0.154. The molecule has 116 valence electrons. The first-order valence-electron chi connectivity index (χ1n) is 5.90. The smallest absolute Gasteiger partial charge is 0.336 e. The van der Waals surface area contributed by atoms with E-state index in [-0.39, 0.29) is 23.5 Å². The Balaban J connectivity index is 2.35. The van der Waals surface area contributed by atoms with E-state index in [9.17, 15) is 19.5 Å². The van der Waals surface area contributed by atoms with Crippen LogP contribution in [0.1, 0.15) is 5.56 Å². The van der Waals surface area contributed by atoms with Crippen LogP contribution in [0.15, 0.2) is 31.9 Å². The topological polar surface area (TPSA) is 140 Å². The molecule has 1 unspecified atom stereocenters. The molecule has 22 heavy (non-hydrogen) atoms. The number of aliphatic carboxylic acids is 1. The van der Waals surface area contributed by atoms with Crippen molar-refractivity contribution in [2.24, 2.45) is 5.73 Å². The van der Waals surface area contributed by atoms with Gasteiger partial charge in [0.05, 0.1) is 4.47 Å². The number of esters is 1. The van der Waals surface area contributed by atoms with Crippen molar-refractivity contribution in [3.63, 3.8) is 0 Å². The van der Waals surface area contributed by atoms with Crippen LogP contribution in [-0.2, 0) is 20.9 Å². The molecule has 9 heteroatoms. The van der Waals surface area contributed by atoms with Crippen LogP contribution in [-0.4, -0.2) is 28.2 Å². The van der Waals surface area contributed by atoms with E-state index in [4.69, 9.17) is 20.0 Å². The molecule has 1 aromatic heterocycles. The van der Waals surface area contributed by atoms with E-state index in [1.165, 1.54) is 12.1 Å². The molecule has 0 radical (unpaired) electrons. The van der Waals surface area contributed by atoms with Crippen molar-refractivity contribution < 1.29 is 29.0 Å². The Morgan fingerprint density at radius 3 is 2.68 bits per heavy atom. The summed E-state index contributed by atoms with van der Waals surface area (Å²) in [6, 6.07) is 2.01. The highest BCUT2D eigenvalue weighted by Gasteiger charge is 2.23. The number of carboxylic acids is 1. The number of hydrogen-bond donors (Lipinski definition) is 3. The van der Waals surface area contributed by atoms with Crippen LogP contribution in [0.2, 0.25) is 0 Å². The van der Waals surface area contributed by atoms with E-state index in [1.54, 1.807) is 0 Å². The van der Waals surface area contributed by atoms with Gasteiger partial charge in [0.2, 0.25) is 6.04 Å². The van der Waals surface area contributed by atoms with E-state index in [0.717, 1.165) is 6.07 Å². The molecule has 0 bridgehead atoms. The number of benzene rings is 1. The summed E-state index contributed by atoms with van der Waals surface area (Å²) in [4.78, 5) is 33.5. The summed E-state index contributed by atoms with van der Waals surface area (Å²) >= 11 is 3.12. The van der Waals surface area contributed by atoms with Gasteiger partial charge in [-0.25, -0.2) is 14.4 Å². The number of nitrogens with two attached hydrogens (primary N) is 1. The molecule has 0 spiro atoms. The number of aromatic hydroxyl groups is 1. The first-order chi connectivity index (χ1) is 10.3. The highest BCUT2D eigenvalue weighted by molar-refractivity contribution is 9.10. The summed E-state index contributed by atoms with van der Waals surface area (Å²) in [5, 5.41) is 18.6. The van der Waals surface area contributed by atoms with Gasteiger partial charge in [-0.2, -0.15) is 0 Å². The number of phenolic OH excluding ortho intramolecular Hbond substituents is 1. The first-order valence-corrected chi connectivity index (χ1v) is 6.69. The molecule has 4 N–H and O–H groups in total. The molecule has 1 aromatic carbocycles. The van der Waals surface area contributed by atoms with E-state index in [2.05, 4.69) is 15.9 Å². The Hall–Kier alpha value is -2.39. The lowest BCUT2D eigenvalue weighted by atomic mass is 10.1. The summed E-state index contributed by atoms with van der Waals surface area (Å²) in [6.07, 6.45) is 0. The normalized spacial score (nSPS) is 12.1. The molecule has 0 amide bonds. The Morgan fingerprint density at radius 2 is 2.05 bits per heavy atom. The molecular formula is C13H10BrNO7. The third-order valence-electron chi connectivity index (χ3n) is 2.79. The maximum atomic E-state index is 11.5. The molecule has 2 rings (SSSR count). The van der Waals surface area contributed by atoms with Crippen molar-refractivity contribution in [1.82, 2.24) is 0 Å². The zero-order valence-electron chi connectivity index (χ0n) is 10.9. The van der Waals surface area contributed by atoms with Crippen molar-refractivity contribution in [3.8, 4) is 5.75 Å². The van der Waals surface area contributed by atoms with Gasteiger partial charge in [0, 0.05) is 23.1 Å². The number of rotatable bonds is 4. The van der Waals surface area contributed by atoms with Crippen LogP contribution in [0.5, 0.6) is 5.75 Å². The molecule has 1 atom stereocenters. The number of hydrogen-bond acceptors (Lipinski definition) is 7. The van der Waals surface area contributed by atoms with E-state index in [0.29, 0.717) is 9.86 Å². The molecule has 0 saturated carbocycles. The number of phenols is 1. The predicted octanol–water partition coefficient (Wildman–Crippen LogP) is 0.716. The molecule has 0 aliphatic carbocycles. The standard InChI is InChI=1S/C13H10BrNO7/c14-7-2-6-5(4-21-13(20)11(15)12(18)19)1-10(17)22-9(6)3-8(7)16/h1-3,11,16H,4,15H2,(H,18,19). The van der Waals surface area contributed by atoms with Gasteiger partial charge in [0.15, 0.2) is 0 Å². The molecule has 8 nitrogen and oxygen atoms in total. The van der Waals surface area contributed by atoms with Crippen molar-refractivity contribution in [3.05, 3.63) is 38.7 Å². The van der Waals surface area contributed by atoms with Gasteiger partial charge in [-0.1, -0.05) is 0 Å². The summed E-state index contributed by atoms with van der Waals surface area (Å²) in [7, 11) is 0. The number of ether oxygens (including phenoxy) is 1. The van der Waals surface area contributed by atoms with Crippen LogP contribution in [0.3, 0.4) is 0 Å². The second kappa shape index (κ2) is 6.16. The minimum absolute atomic E-state index is 0.0989. The monoisotopic (exact) mass is 371 g/mol. The zero-order chi connectivity index (χ0) is 16.4. The second-order valence-corrected chi connectivity index (χ2v) is 5.17. The fourth-order valence-corrected chi connectivity index (χ4v) is 2.04. The Bertz CT molecular complexity index is 814. The van der Waals surface area contributed by atoms with E-state index in [1.807, 2.05) is 0 Å². The predicted molar refractivity (Wildman–Crippen MR) is 77.3 cm³/mol. The van der Waals surface area contributed by atoms with E-state index < -0.39 is 23.6 Å². The highest BCUT2D eigenvalue weighted by atomic mass is 79.9. The molecule has 0 aliphatic rings. The fourth-order valence-electron chi connectivity index (χ4n) is 1.69. The van der Waals surface area contributed by atoms with Crippen LogP contribution in [0, 0.1) is 0 Å². The summed E-state index contributed by atoms with van der Waals surface area (Å²) in [5.74, 6) is -2.78. The van der Waals surface area contributed by atoms with Crippen molar-refractivity contribution in [1.29, 1.82) is 0 Å². The molecule has 0 fully saturated rings. The number of fused-ring (bicyclic) bond motifs is 1. The van der Waals surface area contributed by atoms with Crippen LogP contribution in [0.4, 0.5) is 0 Å². The van der Waals surface area contributed by atoms with Gasteiger partial charge >= 0.3 is 17.6 Å². The Labute approximate surface area is 131 Å². The molecule has 0 aliphatic heterocycles. The Kier molecular flexibility index (Phi) is 4.48. The Morgan fingerprint density at radius 1 is 1.36 bits per heavy atom. The molecule has 0 saturated heterocycles. The van der Waals surface area contributed by atoms with Gasteiger partial charge in [0.1, 0.15) is 17.9 Å². The van der Waals surface area contributed by atoms with Crippen LogP contribution in [0.25, 0.3) is 11.0 Å². The SMILES string of the molecule is NC(C(=O)O)C(=O)OCc1cc(=O)oc2cc(O)c(Br)cc12. The lowest BCUT2D eigenvalue weighted by molar-refractivity contribution is -0.154. The van der Waals surface area contributed by atoms with Gasteiger partial charge < -0.3 is 25.1 Å². The first kappa shape index (κ1) is 16.0. The maximum Gasteiger partial charge on any atom is 0.336 e. The molecular weight excluding hydrogens is 362 g/mol. The lowest BCUT2D eigenvalue weighted by Crippen LogP contribution is -2.39. The number of carbonyl (C=O) groups excluding carboxylic acids is 1. The summed E-state index contributed by atoms with van der Waals surface area (Å²) in [6.45, 7) is -0.362. The zero-order valence-corrected chi connectivity index (χ0v) is 12.5. The van der Waals surface area contributed by atoms with Crippen molar-refractivity contribution >= 4 is 38.8 Å². The number of carboxylic acid groups (broad SMARTS) is 1. The molecule has 2 aromatic rings. The van der Waals surface area contributed by atoms with Crippen LogP contribution < -0.4 is 11.4 Å². The third kappa shape index (κ3) is 3.26. The lowest BCUT2D eigenvalue weighted by Gasteiger charge is -2.10. The van der Waals surface area contributed by atoms with Gasteiger partial charge in [-0.05, 0) is 22.0 Å². The summed E-state index contributed by atoms with van der Waals surface area (Å²) in [5.41, 5.74) is 4.80. The largest absolute Gasteiger partial charge is 0.507 e. The number of halogens is 1. The minimum Gasteiger partial charge on any atom is -0.507 e. The highest BCUT2D eigenvalue weighted by Crippen LogP contribution is 2.30. The summed E-state index contributed by atoms with van der Waals surface area (Å²) < 4.78 is 10.1. The van der Waals surface area contributed by atoms with Gasteiger partial charge in [-0.3, -0.25) is 0 Å². The van der Waals surface area contributed by atoms with Crippen molar-refractivity contribution in [2.75, 3.05) is 0 Å². The molecule has 1 heterocycles. The average Bonchev–Trinajstić information content (AvgIpc) is 2.45. The van der Waals surface area contributed by atoms with Crippen molar-refractivity contribution in [2.45, 2.75) is 12.6 Å². The maximum absolute atomic E-state index is 11.5. The third-order valence-corrected chi connectivity index (χ3v) is 3.42. The van der Waals surface area contributed by atoms with Crippen LogP contribution >= 0.6 is 15.9 Å². The minimum atomic E-state index is -1.80.